The zero-order chi connectivity index (χ0) is 28.6. The number of hydrogen-bond acceptors (Lipinski definition) is 5. The number of aryl methyl sites for hydroxylation is 3. The van der Waals surface area contributed by atoms with Crippen molar-refractivity contribution in [1.82, 2.24) is 10.2 Å². The fourth-order valence-electron chi connectivity index (χ4n) is 4.21. The standard InChI is InChI=1S/C29H40N4O5/c1-8-16-33(27(36)22(17-23(30)34)31-28(37)38-29(5,6)7)25(21-15-10-9-12-18(21)2)26(35)32-24-19(3)13-11-14-20(24)4/h9-15,22,25H,8,16-17H2,1-7H3,(H2,30,34)(H,31,37)(H,32,35). The van der Waals surface area contributed by atoms with E-state index in [1.54, 1.807) is 32.9 Å². The van der Waals surface area contributed by atoms with Crippen molar-refractivity contribution in [2.75, 3.05) is 11.9 Å². The maximum atomic E-state index is 14.0. The zero-order valence-corrected chi connectivity index (χ0v) is 23.4. The topological polar surface area (TPSA) is 131 Å². The largest absolute Gasteiger partial charge is 0.444 e. The number of nitrogens with two attached hydrogens (primary N) is 1. The van der Waals surface area contributed by atoms with Gasteiger partial charge < -0.3 is 26.0 Å². The van der Waals surface area contributed by atoms with Crippen LogP contribution >= 0.6 is 0 Å². The van der Waals surface area contributed by atoms with Crippen LogP contribution < -0.4 is 16.4 Å². The number of nitrogens with zero attached hydrogens (tertiary/aromatic N) is 1. The van der Waals surface area contributed by atoms with Gasteiger partial charge >= 0.3 is 6.09 Å². The Labute approximate surface area is 225 Å². The number of primary amides is 1. The van der Waals surface area contributed by atoms with Gasteiger partial charge in [-0.1, -0.05) is 49.4 Å². The van der Waals surface area contributed by atoms with Crippen LogP contribution in [0.5, 0.6) is 0 Å². The number of carbonyl (C=O) groups is 4. The van der Waals surface area contributed by atoms with Crippen LogP contribution in [-0.2, 0) is 19.1 Å². The summed E-state index contributed by atoms with van der Waals surface area (Å²) in [7, 11) is 0. The third kappa shape index (κ3) is 8.33. The Kier molecular flexibility index (Phi) is 10.4. The molecule has 4 N–H and O–H groups in total. The molecule has 2 unspecified atom stereocenters. The number of ether oxygens (including phenoxy) is 1. The number of amides is 4. The highest BCUT2D eigenvalue weighted by atomic mass is 16.6. The molecule has 38 heavy (non-hydrogen) atoms. The summed E-state index contributed by atoms with van der Waals surface area (Å²) in [5.74, 6) is -1.79. The molecule has 0 spiro atoms. The first kappa shape index (κ1) is 30.3. The van der Waals surface area contributed by atoms with Gasteiger partial charge in [0, 0.05) is 12.2 Å². The van der Waals surface area contributed by atoms with Gasteiger partial charge in [-0.05, 0) is 70.2 Å². The Balaban J connectivity index is 2.56. The maximum Gasteiger partial charge on any atom is 0.408 e. The van der Waals surface area contributed by atoms with Crippen LogP contribution in [0.1, 0.15) is 68.8 Å². The molecule has 0 aliphatic rings. The second-order valence-corrected chi connectivity index (χ2v) is 10.4. The minimum atomic E-state index is -1.31. The minimum absolute atomic E-state index is 0.198. The lowest BCUT2D eigenvalue weighted by atomic mass is 9.97. The molecule has 9 nitrogen and oxygen atoms in total. The monoisotopic (exact) mass is 524 g/mol. The zero-order valence-electron chi connectivity index (χ0n) is 23.4. The van der Waals surface area contributed by atoms with E-state index in [1.165, 1.54) is 4.90 Å². The lowest BCUT2D eigenvalue weighted by Crippen LogP contribution is -2.53. The first-order chi connectivity index (χ1) is 17.7. The molecule has 0 radical (unpaired) electrons. The molecule has 0 heterocycles. The average Bonchev–Trinajstić information content (AvgIpc) is 2.80. The van der Waals surface area contributed by atoms with Crippen molar-refractivity contribution in [2.24, 2.45) is 5.73 Å². The molecule has 0 bridgehead atoms. The Hall–Kier alpha value is -3.88. The van der Waals surface area contributed by atoms with Gasteiger partial charge in [0.1, 0.15) is 17.7 Å². The van der Waals surface area contributed by atoms with Crippen molar-refractivity contribution in [1.29, 1.82) is 0 Å². The van der Waals surface area contributed by atoms with Crippen molar-refractivity contribution in [3.8, 4) is 0 Å². The summed E-state index contributed by atoms with van der Waals surface area (Å²) < 4.78 is 5.30. The molecule has 206 valence electrons. The maximum absolute atomic E-state index is 14.0. The lowest BCUT2D eigenvalue weighted by Gasteiger charge is -2.35. The molecule has 2 atom stereocenters. The second-order valence-electron chi connectivity index (χ2n) is 10.4. The van der Waals surface area contributed by atoms with E-state index in [0.29, 0.717) is 17.7 Å². The molecule has 2 aromatic carbocycles. The molecule has 0 aliphatic carbocycles. The predicted octanol–water partition coefficient (Wildman–Crippen LogP) is 4.30. The third-order valence-electron chi connectivity index (χ3n) is 5.91. The summed E-state index contributed by atoms with van der Waals surface area (Å²) in [5, 5.41) is 5.50. The van der Waals surface area contributed by atoms with Crippen LogP contribution in [0.25, 0.3) is 0 Å². The SMILES string of the molecule is CCCN(C(=O)C(CC(N)=O)NC(=O)OC(C)(C)C)C(C(=O)Nc1c(C)cccc1C)c1ccccc1C. The molecule has 2 aromatic rings. The summed E-state index contributed by atoms with van der Waals surface area (Å²) in [6.45, 7) is 12.8. The van der Waals surface area contributed by atoms with Crippen LogP contribution in [0.2, 0.25) is 0 Å². The summed E-state index contributed by atoms with van der Waals surface area (Å²) in [5.41, 5.74) is 8.50. The van der Waals surface area contributed by atoms with Crippen LogP contribution in [-0.4, -0.2) is 46.9 Å². The van der Waals surface area contributed by atoms with Crippen molar-refractivity contribution in [3.05, 3.63) is 64.7 Å². The molecule has 9 heteroatoms. The van der Waals surface area contributed by atoms with E-state index in [0.717, 1.165) is 16.7 Å². The first-order valence-electron chi connectivity index (χ1n) is 12.8. The van der Waals surface area contributed by atoms with Crippen molar-refractivity contribution in [2.45, 2.75) is 79.0 Å². The molecule has 0 saturated carbocycles. The van der Waals surface area contributed by atoms with Gasteiger partial charge in [0.25, 0.3) is 5.91 Å². The van der Waals surface area contributed by atoms with Gasteiger partial charge in [-0.25, -0.2) is 4.79 Å². The fourth-order valence-corrected chi connectivity index (χ4v) is 4.21. The van der Waals surface area contributed by atoms with Gasteiger partial charge in [-0.15, -0.1) is 0 Å². The van der Waals surface area contributed by atoms with E-state index < -0.39 is 47.9 Å². The molecule has 0 aliphatic heterocycles. The average molecular weight is 525 g/mol. The minimum Gasteiger partial charge on any atom is -0.444 e. The number of alkyl carbamates (subject to hydrolysis) is 1. The highest BCUT2D eigenvalue weighted by molar-refractivity contribution is 6.00. The van der Waals surface area contributed by atoms with Crippen LogP contribution in [0.15, 0.2) is 42.5 Å². The summed E-state index contributed by atoms with van der Waals surface area (Å²) in [6.07, 6.45) is -0.779. The van der Waals surface area contributed by atoms with Crippen molar-refractivity contribution < 1.29 is 23.9 Å². The number of anilines is 1. The van der Waals surface area contributed by atoms with Gasteiger partial charge in [-0.2, -0.15) is 0 Å². The quantitative estimate of drug-likeness (QED) is 0.427. The van der Waals surface area contributed by atoms with Crippen molar-refractivity contribution >= 4 is 29.5 Å². The van der Waals surface area contributed by atoms with E-state index in [2.05, 4.69) is 10.6 Å². The van der Waals surface area contributed by atoms with Crippen LogP contribution in [0.3, 0.4) is 0 Å². The highest BCUT2D eigenvalue weighted by Crippen LogP contribution is 2.29. The predicted molar refractivity (Wildman–Crippen MR) is 147 cm³/mol. The Bertz CT molecular complexity index is 1150. The van der Waals surface area contributed by atoms with Gasteiger partial charge in [0.15, 0.2) is 0 Å². The van der Waals surface area contributed by atoms with Crippen LogP contribution in [0, 0.1) is 20.8 Å². The highest BCUT2D eigenvalue weighted by Gasteiger charge is 2.37. The molecule has 0 fully saturated rings. The van der Waals surface area contributed by atoms with Gasteiger partial charge in [0.2, 0.25) is 11.8 Å². The van der Waals surface area contributed by atoms with E-state index in [9.17, 15) is 19.2 Å². The Morgan fingerprint density at radius 2 is 1.53 bits per heavy atom. The van der Waals surface area contributed by atoms with Gasteiger partial charge in [0.05, 0.1) is 6.42 Å². The molecular formula is C29H40N4O5. The van der Waals surface area contributed by atoms with E-state index >= 15 is 0 Å². The van der Waals surface area contributed by atoms with E-state index in [4.69, 9.17) is 10.5 Å². The Morgan fingerprint density at radius 3 is 2.05 bits per heavy atom. The van der Waals surface area contributed by atoms with Crippen LogP contribution in [0.4, 0.5) is 10.5 Å². The molecule has 2 rings (SSSR count). The summed E-state index contributed by atoms with van der Waals surface area (Å²) in [6, 6.07) is 10.7. The molecule has 0 saturated heterocycles. The lowest BCUT2D eigenvalue weighted by molar-refractivity contribution is -0.141. The molecule has 4 amide bonds. The van der Waals surface area contributed by atoms with E-state index in [-0.39, 0.29) is 6.54 Å². The number of nitrogens with one attached hydrogen (secondary N) is 2. The summed E-state index contributed by atoms with van der Waals surface area (Å²) >= 11 is 0. The normalized spacial score (nSPS) is 12.7. The summed E-state index contributed by atoms with van der Waals surface area (Å²) in [4.78, 5) is 53.7. The number of rotatable bonds is 10. The second kappa shape index (κ2) is 13.1. The smallest absolute Gasteiger partial charge is 0.408 e. The van der Waals surface area contributed by atoms with Crippen molar-refractivity contribution in [3.63, 3.8) is 0 Å². The fraction of sp³-hybridized carbons (Fsp3) is 0.448. The Morgan fingerprint density at radius 1 is 0.947 bits per heavy atom. The molecular weight excluding hydrogens is 484 g/mol. The number of para-hydroxylation sites is 1. The number of carbonyl (C=O) groups excluding carboxylic acids is 4. The van der Waals surface area contributed by atoms with E-state index in [1.807, 2.05) is 58.0 Å². The molecule has 0 aromatic heterocycles. The van der Waals surface area contributed by atoms with Gasteiger partial charge in [-0.3, -0.25) is 14.4 Å². The number of hydrogen-bond donors (Lipinski definition) is 3. The number of benzene rings is 2. The first-order valence-corrected chi connectivity index (χ1v) is 12.8. The third-order valence-corrected chi connectivity index (χ3v) is 5.91.